The lowest BCUT2D eigenvalue weighted by molar-refractivity contribution is -0.116. The topological polar surface area (TPSA) is 58.2 Å². The number of ketones is 1. The van der Waals surface area contributed by atoms with E-state index >= 15 is 0 Å². The van der Waals surface area contributed by atoms with Gasteiger partial charge < -0.3 is 10.6 Å². The number of hydrogen-bond donors (Lipinski definition) is 2. The van der Waals surface area contributed by atoms with Crippen LogP contribution < -0.4 is 10.6 Å². The Hall–Kier alpha value is -2.17. The standard InChI is InChI=1S/C23H27ClN2O2/c24-20-7-4-3-6-17(20)13-15-25-14-5-1-2-8-22(27)19-9-11-21-18(16-19)10-12-23(28)26-21/h3-4,6-7,9,11,16,25H,1-2,5,8,10,12-15H2,(H,26,28). The Morgan fingerprint density at radius 3 is 2.75 bits per heavy atom. The van der Waals surface area contributed by atoms with Gasteiger partial charge in [-0.3, -0.25) is 9.59 Å². The zero-order valence-corrected chi connectivity index (χ0v) is 16.9. The van der Waals surface area contributed by atoms with Crippen LogP contribution in [0.4, 0.5) is 5.69 Å². The maximum absolute atomic E-state index is 12.4. The summed E-state index contributed by atoms with van der Waals surface area (Å²) in [7, 11) is 0. The predicted octanol–water partition coefficient (Wildman–Crippen LogP) is 4.80. The summed E-state index contributed by atoms with van der Waals surface area (Å²) in [4.78, 5) is 23.8. The molecular formula is C23H27ClN2O2. The first-order chi connectivity index (χ1) is 13.6. The van der Waals surface area contributed by atoms with Gasteiger partial charge in [-0.05, 0) is 74.2 Å². The minimum Gasteiger partial charge on any atom is -0.326 e. The average Bonchev–Trinajstić information content (AvgIpc) is 2.70. The van der Waals surface area contributed by atoms with E-state index in [9.17, 15) is 9.59 Å². The lowest BCUT2D eigenvalue weighted by Gasteiger charge is -2.17. The smallest absolute Gasteiger partial charge is 0.224 e. The molecule has 0 aliphatic carbocycles. The van der Waals surface area contributed by atoms with E-state index in [0.717, 1.165) is 60.6 Å². The van der Waals surface area contributed by atoms with Crippen LogP contribution in [-0.2, 0) is 17.6 Å². The first-order valence-corrected chi connectivity index (χ1v) is 10.4. The number of rotatable bonds is 10. The third-order valence-electron chi connectivity index (χ3n) is 5.11. The maximum atomic E-state index is 12.4. The van der Waals surface area contributed by atoms with E-state index in [0.29, 0.717) is 19.3 Å². The lowest BCUT2D eigenvalue weighted by Crippen LogP contribution is -2.19. The number of aryl methyl sites for hydroxylation is 1. The molecule has 0 bridgehead atoms. The van der Waals surface area contributed by atoms with Gasteiger partial charge in [0.25, 0.3) is 0 Å². The molecule has 5 heteroatoms. The van der Waals surface area contributed by atoms with Gasteiger partial charge in [0.15, 0.2) is 5.78 Å². The Bertz CT molecular complexity index is 835. The van der Waals surface area contributed by atoms with Crippen LogP contribution in [0.25, 0.3) is 0 Å². The van der Waals surface area contributed by atoms with Crippen molar-refractivity contribution in [1.29, 1.82) is 0 Å². The molecule has 0 aromatic heterocycles. The normalized spacial score (nSPS) is 13.1. The highest BCUT2D eigenvalue weighted by Gasteiger charge is 2.16. The fourth-order valence-electron chi connectivity index (χ4n) is 3.46. The lowest BCUT2D eigenvalue weighted by atomic mass is 9.97. The number of amides is 1. The number of fused-ring (bicyclic) bond motifs is 1. The average molecular weight is 399 g/mol. The summed E-state index contributed by atoms with van der Waals surface area (Å²) >= 11 is 6.15. The van der Waals surface area contributed by atoms with Gasteiger partial charge in [-0.2, -0.15) is 0 Å². The number of benzene rings is 2. The Labute approximate surface area is 171 Å². The van der Waals surface area contributed by atoms with Gasteiger partial charge in [0, 0.05) is 29.1 Å². The Morgan fingerprint density at radius 2 is 1.89 bits per heavy atom. The van der Waals surface area contributed by atoms with Crippen molar-refractivity contribution in [3.63, 3.8) is 0 Å². The van der Waals surface area contributed by atoms with Crippen LogP contribution in [0.5, 0.6) is 0 Å². The van der Waals surface area contributed by atoms with E-state index in [-0.39, 0.29) is 11.7 Å². The van der Waals surface area contributed by atoms with Crippen LogP contribution in [0.3, 0.4) is 0 Å². The van der Waals surface area contributed by atoms with Gasteiger partial charge in [-0.1, -0.05) is 36.2 Å². The van der Waals surface area contributed by atoms with Crippen molar-refractivity contribution in [3.8, 4) is 0 Å². The fraction of sp³-hybridized carbons (Fsp3) is 0.391. The molecule has 0 radical (unpaired) electrons. The molecule has 1 heterocycles. The molecule has 1 amide bonds. The number of carbonyl (C=O) groups excluding carboxylic acids is 2. The molecule has 0 spiro atoms. The van der Waals surface area contributed by atoms with Crippen molar-refractivity contribution >= 4 is 29.0 Å². The predicted molar refractivity (Wildman–Crippen MR) is 114 cm³/mol. The third kappa shape index (κ3) is 5.91. The van der Waals surface area contributed by atoms with E-state index in [1.54, 1.807) is 0 Å². The van der Waals surface area contributed by atoms with Crippen LogP contribution >= 0.6 is 11.6 Å². The van der Waals surface area contributed by atoms with Crippen molar-refractivity contribution in [2.24, 2.45) is 0 Å². The summed E-state index contributed by atoms with van der Waals surface area (Å²) in [5.74, 6) is 0.235. The Kier molecular flexibility index (Phi) is 7.63. The van der Waals surface area contributed by atoms with Crippen molar-refractivity contribution in [2.75, 3.05) is 18.4 Å². The highest BCUT2D eigenvalue weighted by atomic mass is 35.5. The van der Waals surface area contributed by atoms with E-state index in [2.05, 4.69) is 16.7 Å². The summed E-state index contributed by atoms with van der Waals surface area (Å²) in [6.07, 6.45) is 5.70. The second kappa shape index (κ2) is 10.4. The summed E-state index contributed by atoms with van der Waals surface area (Å²) in [5, 5.41) is 7.12. The molecule has 0 atom stereocenters. The molecule has 0 saturated carbocycles. The molecule has 2 N–H and O–H groups in total. The number of anilines is 1. The Morgan fingerprint density at radius 1 is 1.04 bits per heavy atom. The SMILES string of the molecule is O=C1CCc2cc(C(=O)CCCCCNCCc3ccccc3Cl)ccc2N1. The van der Waals surface area contributed by atoms with Crippen LogP contribution in [0.2, 0.25) is 5.02 Å². The molecule has 2 aromatic carbocycles. The first kappa shape index (κ1) is 20.6. The molecule has 2 aromatic rings. The van der Waals surface area contributed by atoms with Crippen molar-refractivity contribution in [3.05, 3.63) is 64.2 Å². The highest BCUT2D eigenvalue weighted by Crippen LogP contribution is 2.24. The molecular weight excluding hydrogens is 372 g/mol. The molecule has 0 unspecified atom stereocenters. The molecule has 0 saturated heterocycles. The number of halogens is 1. The van der Waals surface area contributed by atoms with Gasteiger partial charge in [-0.25, -0.2) is 0 Å². The molecule has 28 heavy (non-hydrogen) atoms. The number of nitrogens with one attached hydrogen (secondary N) is 2. The zero-order chi connectivity index (χ0) is 19.8. The van der Waals surface area contributed by atoms with Crippen molar-refractivity contribution < 1.29 is 9.59 Å². The summed E-state index contributed by atoms with van der Waals surface area (Å²) in [5.41, 5.74) is 3.84. The quantitative estimate of drug-likeness (QED) is 0.446. The van der Waals surface area contributed by atoms with Gasteiger partial charge in [-0.15, -0.1) is 0 Å². The van der Waals surface area contributed by atoms with Gasteiger partial charge in [0.1, 0.15) is 0 Å². The first-order valence-electron chi connectivity index (χ1n) is 10.0. The molecule has 148 valence electrons. The van der Waals surface area contributed by atoms with E-state index in [4.69, 9.17) is 11.6 Å². The minimum atomic E-state index is 0.0482. The van der Waals surface area contributed by atoms with Crippen LogP contribution in [0.15, 0.2) is 42.5 Å². The number of carbonyl (C=O) groups is 2. The number of hydrogen-bond acceptors (Lipinski definition) is 3. The summed E-state index contributed by atoms with van der Waals surface area (Å²) in [6.45, 7) is 1.87. The number of unbranched alkanes of at least 4 members (excludes halogenated alkanes) is 2. The van der Waals surface area contributed by atoms with Gasteiger partial charge >= 0.3 is 0 Å². The van der Waals surface area contributed by atoms with E-state index < -0.39 is 0 Å². The maximum Gasteiger partial charge on any atom is 0.224 e. The number of Topliss-reactive ketones (excluding diaryl/α,β-unsaturated/α-hetero) is 1. The second-order valence-corrected chi connectivity index (χ2v) is 7.65. The molecule has 4 nitrogen and oxygen atoms in total. The van der Waals surface area contributed by atoms with Crippen LogP contribution in [-0.4, -0.2) is 24.8 Å². The van der Waals surface area contributed by atoms with Crippen LogP contribution in [0.1, 0.15) is 53.6 Å². The third-order valence-corrected chi connectivity index (χ3v) is 5.48. The minimum absolute atomic E-state index is 0.0482. The molecule has 3 rings (SSSR count). The summed E-state index contributed by atoms with van der Waals surface area (Å²) in [6, 6.07) is 13.6. The van der Waals surface area contributed by atoms with Gasteiger partial charge in [0.05, 0.1) is 0 Å². The van der Waals surface area contributed by atoms with Gasteiger partial charge in [0.2, 0.25) is 5.91 Å². The van der Waals surface area contributed by atoms with Crippen LogP contribution in [0, 0.1) is 0 Å². The Balaban J connectivity index is 1.30. The molecule has 1 aliphatic heterocycles. The molecule has 1 aliphatic rings. The summed E-state index contributed by atoms with van der Waals surface area (Å²) < 4.78 is 0. The monoisotopic (exact) mass is 398 g/mol. The van der Waals surface area contributed by atoms with Crippen molar-refractivity contribution in [1.82, 2.24) is 5.32 Å². The van der Waals surface area contributed by atoms with E-state index in [1.807, 2.05) is 36.4 Å². The van der Waals surface area contributed by atoms with E-state index in [1.165, 1.54) is 5.56 Å². The highest BCUT2D eigenvalue weighted by molar-refractivity contribution is 6.31. The van der Waals surface area contributed by atoms with Crippen molar-refractivity contribution in [2.45, 2.75) is 44.9 Å². The second-order valence-electron chi connectivity index (χ2n) is 7.25. The molecule has 0 fully saturated rings. The fourth-order valence-corrected chi connectivity index (χ4v) is 3.69. The largest absolute Gasteiger partial charge is 0.326 e. The zero-order valence-electron chi connectivity index (χ0n) is 16.1.